The standard InChI is InChI=1S/C25H18ClN3O2S2/c1-15-21(23(30)28-18-6-3-2-4-7-18)22(19-8-5-13-32-19)29-24(31)20(33-25(29)27-15)14-16-9-11-17(26)12-10-16/h2-14,22H,1H3,(H,28,30)/b20-14-. The summed E-state index contributed by atoms with van der Waals surface area (Å²) in [7, 11) is 0. The van der Waals surface area contributed by atoms with Gasteiger partial charge in [-0.05, 0) is 54.3 Å². The molecule has 0 bridgehead atoms. The summed E-state index contributed by atoms with van der Waals surface area (Å²) in [5, 5.41) is 5.53. The number of nitrogens with one attached hydrogen (secondary N) is 1. The Morgan fingerprint density at radius 1 is 1.09 bits per heavy atom. The molecule has 0 fully saturated rings. The predicted molar refractivity (Wildman–Crippen MR) is 135 cm³/mol. The summed E-state index contributed by atoms with van der Waals surface area (Å²) in [5.74, 6) is -0.271. The average Bonchev–Trinajstić information content (AvgIpc) is 3.44. The minimum Gasteiger partial charge on any atom is -0.322 e. The number of carbonyl (C=O) groups is 1. The summed E-state index contributed by atoms with van der Waals surface area (Å²) >= 11 is 8.82. The van der Waals surface area contributed by atoms with Gasteiger partial charge in [0.25, 0.3) is 11.5 Å². The van der Waals surface area contributed by atoms with E-state index in [0.717, 1.165) is 10.4 Å². The van der Waals surface area contributed by atoms with Crippen molar-refractivity contribution >= 4 is 51.9 Å². The predicted octanol–water partition coefficient (Wildman–Crippen LogP) is 4.59. The number of thiophene rings is 1. The van der Waals surface area contributed by atoms with Gasteiger partial charge in [0.2, 0.25) is 0 Å². The van der Waals surface area contributed by atoms with Crippen LogP contribution < -0.4 is 20.2 Å². The molecule has 1 unspecified atom stereocenters. The monoisotopic (exact) mass is 491 g/mol. The molecule has 5 nitrogen and oxygen atoms in total. The molecule has 0 saturated carbocycles. The first-order valence-electron chi connectivity index (χ1n) is 10.2. The Labute approximate surface area is 202 Å². The number of allylic oxidation sites excluding steroid dienone is 1. The van der Waals surface area contributed by atoms with Crippen molar-refractivity contribution < 1.29 is 4.79 Å². The third kappa shape index (κ3) is 4.23. The Kier molecular flexibility index (Phi) is 5.85. The van der Waals surface area contributed by atoms with E-state index < -0.39 is 6.04 Å². The summed E-state index contributed by atoms with van der Waals surface area (Å²) in [6.07, 6.45) is 1.83. The van der Waals surface area contributed by atoms with Crippen LogP contribution in [0.1, 0.15) is 23.4 Å². The van der Waals surface area contributed by atoms with Gasteiger partial charge in [-0.3, -0.25) is 14.2 Å². The van der Waals surface area contributed by atoms with Crippen molar-refractivity contribution in [2.75, 3.05) is 5.32 Å². The number of benzene rings is 2. The molecule has 0 aliphatic carbocycles. The van der Waals surface area contributed by atoms with Gasteiger partial charge in [-0.2, -0.15) is 0 Å². The molecule has 8 heteroatoms. The zero-order chi connectivity index (χ0) is 22.9. The number of thiazole rings is 1. The average molecular weight is 492 g/mol. The summed E-state index contributed by atoms with van der Waals surface area (Å²) in [6.45, 7) is 1.82. The quantitative estimate of drug-likeness (QED) is 0.454. The Balaban J connectivity index is 1.65. The van der Waals surface area contributed by atoms with Crippen molar-refractivity contribution in [3.63, 3.8) is 0 Å². The van der Waals surface area contributed by atoms with E-state index in [1.54, 1.807) is 16.7 Å². The fourth-order valence-corrected chi connectivity index (χ4v) is 5.75. The zero-order valence-corrected chi connectivity index (χ0v) is 19.9. The number of rotatable bonds is 4. The van der Waals surface area contributed by atoms with E-state index in [2.05, 4.69) is 10.3 Å². The number of anilines is 1. The maximum absolute atomic E-state index is 13.5. The fraction of sp³-hybridized carbons (Fsp3) is 0.0800. The Morgan fingerprint density at radius 2 is 1.85 bits per heavy atom. The molecule has 164 valence electrons. The molecule has 1 amide bonds. The van der Waals surface area contributed by atoms with Gasteiger partial charge in [0.15, 0.2) is 4.80 Å². The van der Waals surface area contributed by atoms with Crippen molar-refractivity contribution in [2.45, 2.75) is 13.0 Å². The van der Waals surface area contributed by atoms with E-state index in [9.17, 15) is 9.59 Å². The fourth-order valence-electron chi connectivity index (χ4n) is 3.76. The number of halogens is 1. The molecular formula is C25H18ClN3O2S2. The van der Waals surface area contributed by atoms with Crippen molar-refractivity contribution in [1.29, 1.82) is 0 Å². The van der Waals surface area contributed by atoms with Gasteiger partial charge in [-0.15, -0.1) is 11.3 Å². The highest BCUT2D eigenvalue weighted by molar-refractivity contribution is 7.10. The Morgan fingerprint density at radius 3 is 2.55 bits per heavy atom. The van der Waals surface area contributed by atoms with Gasteiger partial charge in [0.05, 0.1) is 15.8 Å². The molecule has 1 aliphatic rings. The van der Waals surface area contributed by atoms with Crippen molar-refractivity contribution in [3.05, 3.63) is 119 Å². The second-order valence-corrected chi connectivity index (χ2v) is 9.89. The van der Waals surface area contributed by atoms with Crippen LogP contribution in [0.4, 0.5) is 5.69 Å². The van der Waals surface area contributed by atoms with Gasteiger partial charge in [0, 0.05) is 15.6 Å². The molecule has 1 atom stereocenters. The minimum absolute atomic E-state index is 0.176. The molecular weight excluding hydrogens is 474 g/mol. The number of hydrogen-bond acceptors (Lipinski definition) is 5. The number of aromatic nitrogens is 1. The number of fused-ring (bicyclic) bond motifs is 1. The Hall–Kier alpha value is -3.26. The van der Waals surface area contributed by atoms with Gasteiger partial charge in [-0.1, -0.05) is 59.3 Å². The van der Waals surface area contributed by atoms with E-state index in [1.165, 1.54) is 22.7 Å². The number of carbonyl (C=O) groups excluding carboxylic acids is 1. The van der Waals surface area contributed by atoms with Crippen molar-refractivity contribution in [3.8, 4) is 0 Å². The summed E-state index contributed by atoms with van der Waals surface area (Å²) in [4.78, 5) is 33.0. The summed E-state index contributed by atoms with van der Waals surface area (Å²) in [6, 6.07) is 19.9. The highest BCUT2D eigenvalue weighted by Crippen LogP contribution is 2.33. The second kappa shape index (κ2) is 8.94. The molecule has 2 aromatic heterocycles. The zero-order valence-electron chi connectivity index (χ0n) is 17.5. The van der Waals surface area contributed by atoms with E-state index in [4.69, 9.17) is 11.6 Å². The van der Waals surface area contributed by atoms with E-state index >= 15 is 0 Å². The first-order valence-corrected chi connectivity index (χ1v) is 12.3. The normalized spacial score (nSPS) is 15.8. The van der Waals surface area contributed by atoms with Crippen LogP contribution in [0.5, 0.6) is 0 Å². The maximum Gasteiger partial charge on any atom is 0.271 e. The second-order valence-electron chi connectivity index (χ2n) is 7.47. The number of amides is 1. The van der Waals surface area contributed by atoms with E-state index in [0.29, 0.717) is 31.3 Å². The SMILES string of the molecule is CC1=C(C(=O)Nc2ccccc2)C(c2cccs2)n2c(s/c(=C\c3ccc(Cl)cc3)c2=O)=N1. The molecule has 0 saturated heterocycles. The summed E-state index contributed by atoms with van der Waals surface area (Å²) < 4.78 is 2.18. The van der Waals surface area contributed by atoms with Crippen LogP contribution in [-0.2, 0) is 4.79 Å². The lowest BCUT2D eigenvalue weighted by molar-refractivity contribution is -0.113. The minimum atomic E-state index is -0.544. The van der Waals surface area contributed by atoms with Crippen LogP contribution in [0.25, 0.3) is 6.08 Å². The first-order chi connectivity index (χ1) is 16.0. The van der Waals surface area contributed by atoms with Gasteiger partial charge >= 0.3 is 0 Å². The smallest absolute Gasteiger partial charge is 0.271 e. The summed E-state index contributed by atoms with van der Waals surface area (Å²) in [5.41, 5.74) is 2.44. The molecule has 0 spiro atoms. The Bertz CT molecular complexity index is 1530. The van der Waals surface area contributed by atoms with Crippen LogP contribution in [0.15, 0.2) is 93.2 Å². The maximum atomic E-state index is 13.5. The molecule has 0 radical (unpaired) electrons. The lowest BCUT2D eigenvalue weighted by Gasteiger charge is -2.24. The van der Waals surface area contributed by atoms with Crippen LogP contribution in [0.2, 0.25) is 5.02 Å². The topological polar surface area (TPSA) is 63.5 Å². The molecule has 33 heavy (non-hydrogen) atoms. The molecule has 5 rings (SSSR count). The highest BCUT2D eigenvalue weighted by atomic mass is 35.5. The number of nitrogens with zero attached hydrogens (tertiary/aromatic N) is 2. The third-order valence-corrected chi connectivity index (χ3v) is 7.44. The van der Waals surface area contributed by atoms with Crippen LogP contribution in [-0.4, -0.2) is 10.5 Å². The van der Waals surface area contributed by atoms with Crippen LogP contribution in [0.3, 0.4) is 0 Å². The number of hydrogen-bond donors (Lipinski definition) is 1. The lowest BCUT2D eigenvalue weighted by Crippen LogP contribution is -2.40. The van der Waals surface area contributed by atoms with Crippen LogP contribution in [0, 0.1) is 0 Å². The highest BCUT2D eigenvalue weighted by Gasteiger charge is 2.33. The van der Waals surface area contributed by atoms with Crippen LogP contribution >= 0.6 is 34.3 Å². The lowest BCUT2D eigenvalue weighted by atomic mass is 10.0. The van der Waals surface area contributed by atoms with Gasteiger partial charge in [0.1, 0.15) is 6.04 Å². The molecule has 2 aromatic carbocycles. The van der Waals surface area contributed by atoms with Crippen molar-refractivity contribution in [1.82, 2.24) is 4.57 Å². The third-order valence-electron chi connectivity index (χ3n) is 5.28. The molecule has 1 N–H and O–H groups in total. The molecule has 1 aliphatic heterocycles. The molecule has 3 heterocycles. The first kappa shape index (κ1) is 21.6. The molecule has 4 aromatic rings. The number of para-hydroxylation sites is 1. The van der Waals surface area contributed by atoms with Gasteiger partial charge < -0.3 is 5.32 Å². The largest absolute Gasteiger partial charge is 0.322 e. The van der Waals surface area contributed by atoms with E-state index in [-0.39, 0.29) is 11.5 Å². The van der Waals surface area contributed by atoms with Crippen molar-refractivity contribution in [2.24, 2.45) is 4.99 Å². The van der Waals surface area contributed by atoms with Gasteiger partial charge in [-0.25, -0.2) is 4.99 Å². The van der Waals surface area contributed by atoms with E-state index in [1.807, 2.05) is 73.0 Å².